The normalized spacial score (nSPS) is 14.3. The van der Waals surface area contributed by atoms with E-state index >= 15 is 0 Å². The van der Waals surface area contributed by atoms with Crippen LogP contribution in [-0.2, 0) is 0 Å². The molecule has 1 aliphatic rings. The average molecular weight is 618 g/mol. The van der Waals surface area contributed by atoms with Gasteiger partial charge in [0.05, 0.1) is 0 Å². The second-order valence-electron chi connectivity index (χ2n) is 15.6. The molecule has 0 heterocycles. The van der Waals surface area contributed by atoms with E-state index in [1.165, 1.54) is 66.5 Å². The van der Waals surface area contributed by atoms with E-state index in [1.54, 1.807) is 0 Å². The second-order valence-corrected chi connectivity index (χ2v) is 19.4. The lowest BCUT2D eigenvalue weighted by Gasteiger charge is -2.40. The zero-order valence-corrected chi connectivity index (χ0v) is 31.8. The summed E-state index contributed by atoms with van der Waals surface area (Å²) in [5.41, 5.74) is 11.8. The molecule has 0 atom stereocenters. The summed E-state index contributed by atoms with van der Waals surface area (Å²) in [5.74, 6) is 2.78. The molecule has 0 bridgehead atoms. The van der Waals surface area contributed by atoms with Crippen molar-refractivity contribution in [3.63, 3.8) is 0 Å². The van der Waals surface area contributed by atoms with Gasteiger partial charge in [-0.2, -0.15) is 0 Å². The van der Waals surface area contributed by atoms with Crippen molar-refractivity contribution in [2.45, 2.75) is 138 Å². The molecule has 45 heavy (non-hydrogen) atoms. The van der Waals surface area contributed by atoms with Crippen molar-refractivity contribution in [1.82, 2.24) is 0 Å². The summed E-state index contributed by atoms with van der Waals surface area (Å²) < 4.78 is 0. The zero-order chi connectivity index (χ0) is 33.2. The summed E-state index contributed by atoms with van der Waals surface area (Å²) >= 11 is 0. The van der Waals surface area contributed by atoms with E-state index in [9.17, 15) is 0 Å². The molecular weight excluding hydrogens is 557 g/mol. The first-order chi connectivity index (χ1) is 21.2. The van der Waals surface area contributed by atoms with Crippen LogP contribution in [-0.4, -0.2) is 8.07 Å². The smallest absolute Gasteiger partial charge is 0.0750 e. The minimum atomic E-state index is -2.77. The number of allylic oxidation sites excluding steroid dienone is 4. The fraction of sp³-hybridized carbons (Fsp3) is 0.477. The van der Waals surface area contributed by atoms with Crippen molar-refractivity contribution in [3.8, 4) is 0 Å². The van der Waals surface area contributed by atoms with Gasteiger partial charge in [0.25, 0.3) is 0 Å². The number of hydrogen-bond donors (Lipinski definition) is 0. The predicted octanol–water partition coefficient (Wildman–Crippen LogP) is 11.3. The van der Waals surface area contributed by atoms with Crippen molar-refractivity contribution >= 4 is 23.6 Å². The van der Waals surface area contributed by atoms with Crippen LogP contribution in [0.5, 0.6) is 0 Å². The molecule has 241 valence electrons. The molecule has 3 aromatic carbocycles. The molecule has 0 aliphatic heterocycles. The molecule has 4 rings (SSSR count). The number of hydrogen-bond acceptors (Lipinski definition) is 0. The first kappa shape index (κ1) is 35.2. The lowest BCUT2D eigenvalue weighted by molar-refractivity contribution is 0.834. The Kier molecular flexibility index (Phi) is 11.3. The Bertz CT molecular complexity index is 1290. The summed E-state index contributed by atoms with van der Waals surface area (Å²) in [4.78, 5) is 0. The monoisotopic (exact) mass is 617 g/mol. The highest BCUT2D eigenvalue weighted by molar-refractivity contribution is 7.15. The van der Waals surface area contributed by atoms with Crippen LogP contribution in [0.3, 0.4) is 0 Å². The first-order valence-electron chi connectivity index (χ1n) is 17.9. The van der Waals surface area contributed by atoms with E-state index in [1.807, 2.05) is 0 Å². The molecule has 0 spiro atoms. The van der Waals surface area contributed by atoms with Crippen LogP contribution in [0.15, 0.2) is 78.4 Å². The van der Waals surface area contributed by atoms with Gasteiger partial charge in [-0.1, -0.05) is 175 Å². The minimum absolute atomic E-state index is 0.464. The molecular formula is C44H61Si. The van der Waals surface area contributed by atoms with E-state index in [2.05, 4.69) is 163 Å². The quantitative estimate of drug-likeness (QED) is 0.140. The molecule has 0 amide bonds. The number of benzene rings is 3. The van der Waals surface area contributed by atoms with Crippen molar-refractivity contribution in [2.75, 3.05) is 0 Å². The highest BCUT2D eigenvalue weighted by atomic mass is 28.3. The molecule has 0 saturated carbocycles. The van der Waals surface area contributed by atoms with Crippen LogP contribution in [0.25, 0.3) is 0 Å². The molecule has 1 aliphatic carbocycles. The predicted molar refractivity (Wildman–Crippen MR) is 204 cm³/mol. The summed E-state index contributed by atoms with van der Waals surface area (Å²) in [6.45, 7) is 30.6. The van der Waals surface area contributed by atoms with Gasteiger partial charge in [0.1, 0.15) is 0 Å². The van der Waals surface area contributed by atoms with E-state index in [0.29, 0.717) is 35.5 Å². The van der Waals surface area contributed by atoms with Crippen LogP contribution >= 0.6 is 0 Å². The van der Waals surface area contributed by atoms with Gasteiger partial charge in [-0.25, -0.2) is 0 Å². The molecule has 0 unspecified atom stereocenters. The SMILES string of the molecule is CCCC1=C[C]([Si](c2cc(C(C)C)cc(C(C)C)c2)(c2cc(C(C)C)cc(C(C)C)c2)c2cc(C(C)C)cc(C(C)C)c2)C=C1. The maximum atomic E-state index is 2.61. The van der Waals surface area contributed by atoms with Crippen LogP contribution < -0.4 is 15.6 Å². The maximum absolute atomic E-state index is 2.77. The molecule has 0 saturated heterocycles. The Labute approximate surface area is 278 Å². The number of rotatable bonds is 12. The van der Waals surface area contributed by atoms with Crippen LogP contribution in [0, 0.1) is 5.54 Å². The molecule has 0 N–H and O–H groups in total. The summed E-state index contributed by atoms with van der Waals surface area (Å²) in [5, 5.41) is 4.62. The van der Waals surface area contributed by atoms with Gasteiger partial charge in [0.2, 0.25) is 0 Å². The molecule has 1 radical (unpaired) electrons. The highest BCUT2D eigenvalue weighted by Gasteiger charge is 2.47. The summed E-state index contributed by atoms with van der Waals surface area (Å²) in [7, 11) is -2.77. The van der Waals surface area contributed by atoms with Crippen molar-refractivity contribution in [3.05, 3.63) is 117 Å². The largest absolute Gasteiger partial charge is 0.162 e. The molecule has 1 heteroatoms. The van der Waals surface area contributed by atoms with Gasteiger partial charge in [-0.05, 0) is 90.9 Å². The zero-order valence-electron chi connectivity index (χ0n) is 30.8. The minimum Gasteiger partial charge on any atom is -0.0750 e. The van der Waals surface area contributed by atoms with Gasteiger partial charge in [0.15, 0.2) is 8.07 Å². The topological polar surface area (TPSA) is 0 Å². The van der Waals surface area contributed by atoms with Gasteiger partial charge in [0, 0.05) is 5.54 Å². The Morgan fingerprint density at radius 1 is 0.422 bits per heavy atom. The van der Waals surface area contributed by atoms with Gasteiger partial charge in [-0.15, -0.1) is 0 Å². The van der Waals surface area contributed by atoms with Crippen LogP contribution in [0.2, 0.25) is 0 Å². The average Bonchev–Trinajstić information content (AvgIpc) is 3.45. The first-order valence-corrected chi connectivity index (χ1v) is 19.9. The Morgan fingerprint density at radius 2 is 0.711 bits per heavy atom. The Balaban J connectivity index is 2.31. The third kappa shape index (κ3) is 7.35. The fourth-order valence-electron chi connectivity index (χ4n) is 6.85. The lowest BCUT2D eigenvalue weighted by atomic mass is 9.95. The van der Waals surface area contributed by atoms with Gasteiger partial charge >= 0.3 is 0 Å². The van der Waals surface area contributed by atoms with Crippen molar-refractivity contribution < 1.29 is 0 Å². The second kappa shape index (κ2) is 14.4. The Hall–Kier alpha value is -2.64. The highest BCUT2D eigenvalue weighted by Crippen LogP contribution is 2.35. The summed E-state index contributed by atoms with van der Waals surface area (Å²) in [6, 6.07) is 23.1. The van der Waals surface area contributed by atoms with Crippen LogP contribution in [0.1, 0.15) is 172 Å². The third-order valence-electron chi connectivity index (χ3n) is 10.0. The fourth-order valence-corrected chi connectivity index (χ4v) is 11.9. The van der Waals surface area contributed by atoms with E-state index in [-0.39, 0.29) is 0 Å². The maximum Gasteiger partial charge on any atom is 0.162 e. The summed E-state index contributed by atoms with van der Waals surface area (Å²) in [6.07, 6.45) is 9.84. The molecule has 3 aromatic rings. The van der Waals surface area contributed by atoms with Gasteiger partial charge < -0.3 is 0 Å². The van der Waals surface area contributed by atoms with Crippen molar-refractivity contribution in [2.24, 2.45) is 0 Å². The molecule has 0 aromatic heterocycles. The van der Waals surface area contributed by atoms with Gasteiger partial charge in [-0.3, -0.25) is 0 Å². The van der Waals surface area contributed by atoms with E-state index in [4.69, 9.17) is 0 Å². The molecule has 0 nitrogen and oxygen atoms in total. The van der Waals surface area contributed by atoms with E-state index in [0.717, 1.165) is 6.42 Å². The lowest BCUT2D eigenvalue weighted by Crippen LogP contribution is -2.70. The van der Waals surface area contributed by atoms with Crippen molar-refractivity contribution in [1.29, 1.82) is 0 Å². The third-order valence-corrected chi connectivity index (χ3v) is 14.7. The molecule has 0 fully saturated rings. The van der Waals surface area contributed by atoms with Crippen LogP contribution in [0.4, 0.5) is 0 Å². The standard InChI is InChI=1S/C44H61Si/c1-14-15-34-16-17-41(18-34)45(42-22-35(28(2)3)19-36(23-42)29(4)5,43-24-37(30(6)7)20-38(25-43)31(8)9)44-26-39(32(10)11)21-40(27-44)33(12)13/h16-33H,14-15H2,1-13H3. The Morgan fingerprint density at radius 3 is 0.956 bits per heavy atom. The van der Waals surface area contributed by atoms with E-state index < -0.39 is 8.07 Å².